The number of fused-ring (bicyclic) bond motifs is 2. The van der Waals surface area contributed by atoms with Crippen molar-refractivity contribution in [2.75, 3.05) is 11.4 Å². The van der Waals surface area contributed by atoms with Gasteiger partial charge in [-0.2, -0.15) is 0 Å². The van der Waals surface area contributed by atoms with Crippen LogP contribution in [0.15, 0.2) is 47.0 Å². The maximum Gasteiger partial charge on any atom is 0.294 e. The van der Waals surface area contributed by atoms with Gasteiger partial charge in [-0.3, -0.25) is 9.69 Å². The first-order chi connectivity index (χ1) is 11.1. The molecule has 0 N–H and O–H groups in total. The highest BCUT2D eigenvalue weighted by atomic mass is 16.5. The van der Waals surface area contributed by atoms with Crippen LogP contribution >= 0.6 is 0 Å². The molecule has 0 saturated heterocycles. The number of rotatable bonds is 1. The Morgan fingerprint density at radius 2 is 2.17 bits per heavy atom. The van der Waals surface area contributed by atoms with Crippen molar-refractivity contribution in [1.29, 1.82) is 0 Å². The summed E-state index contributed by atoms with van der Waals surface area (Å²) >= 11 is 0. The molecule has 4 rings (SSSR count). The molecule has 3 heterocycles. The van der Waals surface area contributed by atoms with Crippen LogP contribution in [0, 0.1) is 6.92 Å². The second-order valence-electron chi connectivity index (χ2n) is 5.82. The molecule has 1 aliphatic heterocycles. The summed E-state index contributed by atoms with van der Waals surface area (Å²) in [6, 6.07) is 11.3. The van der Waals surface area contributed by atoms with Crippen LogP contribution in [-0.4, -0.2) is 23.5 Å². The van der Waals surface area contributed by atoms with Crippen LogP contribution in [-0.2, 0) is 0 Å². The van der Waals surface area contributed by atoms with Gasteiger partial charge in [0.25, 0.3) is 5.91 Å². The minimum atomic E-state index is -0.178. The maximum absolute atomic E-state index is 12.9. The number of amides is 1. The van der Waals surface area contributed by atoms with Crippen LogP contribution in [0.4, 0.5) is 5.69 Å². The number of carbonyl (C=O) groups is 1. The normalized spacial score (nSPS) is 17.0. The summed E-state index contributed by atoms with van der Waals surface area (Å²) in [5.74, 6) is 0.629. The van der Waals surface area contributed by atoms with Gasteiger partial charge in [-0.05, 0) is 44.2 Å². The standard InChI is InChI=1S/C18H16N2O3/c1-11-5-6-15-13(8-11)9-16(23-15)18(21)20-10-12(2)22-17-14(20)4-3-7-19-17/h3-9,12H,10H2,1-2H3/t12-/m0/s1. The zero-order chi connectivity index (χ0) is 16.0. The summed E-state index contributed by atoms with van der Waals surface area (Å²) in [5.41, 5.74) is 2.52. The van der Waals surface area contributed by atoms with Crippen molar-refractivity contribution in [2.24, 2.45) is 0 Å². The van der Waals surface area contributed by atoms with E-state index in [0.29, 0.717) is 29.5 Å². The second-order valence-corrected chi connectivity index (χ2v) is 5.82. The molecule has 23 heavy (non-hydrogen) atoms. The molecule has 116 valence electrons. The van der Waals surface area contributed by atoms with Crippen LogP contribution in [0.3, 0.4) is 0 Å². The van der Waals surface area contributed by atoms with Crippen molar-refractivity contribution in [1.82, 2.24) is 4.98 Å². The second kappa shape index (κ2) is 5.12. The molecule has 0 radical (unpaired) electrons. The van der Waals surface area contributed by atoms with E-state index in [1.807, 2.05) is 38.1 Å². The summed E-state index contributed by atoms with van der Waals surface area (Å²) in [6.07, 6.45) is 1.54. The van der Waals surface area contributed by atoms with Gasteiger partial charge in [-0.1, -0.05) is 11.6 Å². The van der Waals surface area contributed by atoms with Gasteiger partial charge in [-0.15, -0.1) is 0 Å². The molecule has 0 fully saturated rings. The predicted octanol–water partition coefficient (Wildman–Crippen LogP) is 3.56. The van der Waals surface area contributed by atoms with E-state index in [9.17, 15) is 4.79 Å². The van der Waals surface area contributed by atoms with Gasteiger partial charge in [-0.25, -0.2) is 4.98 Å². The van der Waals surface area contributed by atoms with Gasteiger partial charge in [0.05, 0.1) is 6.54 Å². The number of carbonyl (C=O) groups excluding carboxylic acids is 1. The quantitative estimate of drug-likeness (QED) is 0.689. The molecule has 5 heteroatoms. The number of aryl methyl sites for hydroxylation is 1. The third kappa shape index (κ3) is 2.34. The molecule has 1 aliphatic rings. The largest absolute Gasteiger partial charge is 0.471 e. The number of ether oxygens (including phenoxy) is 1. The van der Waals surface area contributed by atoms with Gasteiger partial charge in [0.1, 0.15) is 17.4 Å². The predicted molar refractivity (Wildman–Crippen MR) is 87.0 cm³/mol. The van der Waals surface area contributed by atoms with Gasteiger partial charge in [0.15, 0.2) is 5.76 Å². The fourth-order valence-electron chi connectivity index (χ4n) is 2.86. The average Bonchev–Trinajstić information content (AvgIpc) is 2.96. The molecule has 1 amide bonds. The SMILES string of the molecule is Cc1ccc2oc(C(=O)N3C[C@H](C)Oc4ncccc43)cc2c1. The molecule has 0 aliphatic carbocycles. The molecule has 0 spiro atoms. The number of anilines is 1. The lowest BCUT2D eigenvalue weighted by Crippen LogP contribution is -2.42. The van der Waals surface area contributed by atoms with E-state index < -0.39 is 0 Å². The summed E-state index contributed by atoms with van der Waals surface area (Å²) < 4.78 is 11.4. The lowest BCUT2D eigenvalue weighted by atomic mass is 10.2. The van der Waals surface area contributed by atoms with Gasteiger partial charge < -0.3 is 9.15 Å². The number of aromatic nitrogens is 1. The molecular weight excluding hydrogens is 292 g/mol. The number of hydrogen-bond donors (Lipinski definition) is 0. The van der Waals surface area contributed by atoms with Crippen molar-refractivity contribution in [3.63, 3.8) is 0 Å². The lowest BCUT2D eigenvalue weighted by molar-refractivity contribution is 0.0934. The Labute approximate surface area is 133 Å². The Bertz CT molecular complexity index is 900. The van der Waals surface area contributed by atoms with Crippen molar-refractivity contribution in [3.8, 4) is 5.88 Å². The van der Waals surface area contributed by atoms with Crippen LogP contribution in [0.5, 0.6) is 5.88 Å². The summed E-state index contributed by atoms with van der Waals surface area (Å²) in [5, 5.41) is 0.932. The Hall–Kier alpha value is -2.82. The minimum Gasteiger partial charge on any atom is -0.471 e. The van der Waals surface area contributed by atoms with Crippen LogP contribution < -0.4 is 9.64 Å². The first kappa shape index (κ1) is 13.8. The highest BCUT2D eigenvalue weighted by molar-refractivity contribution is 6.07. The molecular formula is C18H16N2O3. The highest BCUT2D eigenvalue weighted by Crippen LogP contribution is 2.32. The van der Waals surface area contributed by atoms with E-state index >= 15 is 0 Å². The Morgan fingerprint density at radius 1 is 1.30 bits per heavy atom. The highest BCUT2D eigenvalue weighted by Gasteiger charge is 2.30. The lowest BCUT2D eigenvalue weighted by Gasteiger charge is -2.31. The van der Waals surface area contributed by atoms with Crippen LogP contribution in [0.1, 0.15) is 23.0 Å². The summed E-state index contributed by atoms with van der Waals surface area (Å²) in [6.45, 7) is 4.40. The Kier molecular flexibility index (Phi) is 3.08. The van der Waals surface area contributed by atoms with E-state index in [1.54, 1.807) is 23.2 Å². The third-order valence-electron chi connectivity index (χ3n) is 3.92. The average molecular weight is 308 g/mol. The van der Waals surface area contributed by atoms with E-state index in [0.717, 1.165) is 10.9 Å². The topological polar surface area (TPSA) is 55.6 Å². The van der Waals surface area contributed by atoms with Crippen molar-refractivity contribution in [2.45, 2.75) is 20.0 Å². The molecule has 1 atom stereocenters. The smallest absolute Gasteiger partial charge is 0.294 e. The van der Waals surface area contributed by atoms with E-state index in [1.165, 1.54) is 0 Å². The molecule has 5 nitrogen and oxygen atoms in total. The van der Waals surface area contributed by atoms with Crippen molar-refractivity contribution >= 4 is 22.6 Å². The molecule has 3 aromatic rings. The summed E-state index contributed by atoms with van der Waals surface area (Å²) in [4.78, 5) is 18.8. The Balaban J connectivity index is 1.76. The van der Waals surface area contributed by atoms with Gasteiger partial charge >= 0.3 is 0 Å². The first-order valence-electron chi connectivity index (χ1n) is 7.55. The monoisotopic (exact) mass is 308 g/mol. The minimum absolute atomic E-state index is 0.118. The van der Waals surface area contributed by atoms with E-state index in [-0.39, 0.29) is 12.0 Å². The van der Waals surface area contributed by atoms with E-state index in [2.05, 4.69) is 4.98 Å². The van der Waals surface area contributed by atoms with Crippen LogP contribution in [0.25, 0.3) is 11.0 Å². The number of hydrogen-bond acceptors (Lipinski definition) is 4. The zero-order valence-electron chi connectivity index (χ0n) is 12.9. The fourth-order valence-corrected chi connectivity index (χ4v) is 2.86. The van der Waals surface area contributed by atoms with Crippen molar-refractivity contribution in [3.05, 3.63) is 53.9 Å². The fraction of sp³-hybridized carbons (Fsp3) is 0.222. The van der Waals surface area contributed by atoms with Gasteiger partial charge in [0.2, 0.25) is 5.88 Å². The zero-order valence-corrected chi connectivity index (χ0v) is 12.9. The van der Waals surface area contributed by atoms with Crippen molar-refractivity contribution < 1.29 is 13.9 Å². The number of furan rings is 1. The molecule has 0 bridgehead atoms. The number of nitrogens with zero attached hydrogens (tertiary/aromatic N) is 2. The number of pyridine rings is 1. The molecule has 0 unspecified atom stereocenters. The van der Waals surface area contributed by atoms with Crippen LogP contribution in [0.2, 0.25) is 0 Å². The maximum atomic E-state index is 12.9. The molecule has 0 saturated carbocycles. The summed E-state index contributed by atoms with van der Waals surface area (Å²) in [7, 11) is 0. The first-order valence-corrected chi connectivity index (χ1v) is 7.55. The third-order valence-corrected chi connectivity index (χ3v) is 3.92. The van der Waals surface area contributed by atoms with E-state index in [4.69, 9.17) is 9.15 Å². The Morgan fingerprint density at radius 3 is 3.04 bits per heavy atom. The molecule has 2 aromatic heterocycles. The molecule has 1 aromatic carbocycles. The number of benzene rings is 1. The van der Waals surface area contributed by atoms with Gasteiger partial charge in [0, 0.05) is 11.6 Å².